The number of likely N-dealkylation sites (tertiary alicyclic amines) is 1. The van der Waals surface area contributed by atoms with Crippen molar-refractivity contribution in [2.45, 2.75) is 18.8 Å². The molecule has 4 rings (SSSR count). The van der Waals surface area contributed by atoms with Crippen LogP contribution >= 0.6 is 11.6 Å². The van der Waals surface area contributed by atoms with E-state index in [1.54, 1.807) is 35.2 Å². The van der Waals surface area contributed by atoms with E-state index < -0.39 is 0 Å². The highest BCUT2D eigenvalue weighted by Gasteiger charge is 2.25. The number of piperidine rings is 1. The van der Waals surface area contributed by atoms with Gasteiger partial charge in [-0.25, -0.2) is 14.2 Å². The first-order valence-corrected chi connectivity index (χ1v) is 8.93. The minimum atomic E-state index is -0.276. The van der Waals surface area contributed by atoms with E-state index in [1.807, 2.05) is 0 Å². The van der Waals surface area contributed by atoms with Crippen LogP contribution in [0.2, 0.25) is 5.02 Å². The van der Waals surface area contributed by atoms with Crippen LogP contribution in [0.3, 0.4) is 0 Å². The third kappa shape index (κ3) is 3.51. The Hall–Kier alpha value is -2.60. The van der Waals surface area contributed by atoms with Gasteiger partial charge in [-0.1, -0.05) is 11.6 Å². The summed E-state index contributed by atoms with van der Waals surface area (Å²) in [4.78, 5) is 22.0. The van der Waals surface area contributed by atoms with Crippen molar-refractivity contribution in [2.24, 2.45) is 0 Å². The fourth-order valence-electron chi connectivity index (χ4n) is 3.29. The minimum absolute atomic E-state index is 0.113. The highest BCUT2D eigenvalue weighted by molar-refractivity contribution is 6.30. The maximum atomic E-state index is 13.3. The van der Waals surface area contributed by atoms with Crippen LogP contribution in [-0.4, -0.2) is 34.0 Å². The number of anilines is 1. The summed E-state index contributed by atoms with van der Waals surface area (Å²) in [6.45, 7) is 1.30. The Morgan fingerprint density at radius 2 is 1.92 bits per heavy atom. The maximum absolute atomic E-state index is 13.3. The Kier molecular flexibility index (Phi) is 4.51. The number of imidazole rings is 1. The topological polar surface area (TPSA) is 61.0 Å². The van der Waals surface area contributed by atoms with Gasteiger partial charge in [0.1, 0.15) is 11.6 Å². The van der Waals surface area contributed by atoms with Gasteiger partial charge >= 0.3 is 6.03 Å². The first-order chi connectivity index (χ1) is 12.6. The lowest BCUT2D eigenvalue weighted by molar-refractivity contribution is 0.193. The summed E-state index contributed by atoms with van der Waals surface area (Å²) < 4.78 is 13.3. The lowest BCUT2D eigenvalue weighted by Crippen LogP contribution is -2.40. The summed E-state index contributed by atoms with van der Waals surface area (Å²) >= 11 is 5.86. The average Bonchev–Trinajstić information content (AvgIpc) is 3.07. The van der Waals surface area contributed by atoms with E-state index in [0.717, 1.165) is 29.9 Å². The molecule has 0 radical (unpaired) electrons. The molecule has 0 unspecified atom stereocenters. The van der Waals surface area contributed by atoms with Gasteiger partial charge in [-0.15, -0.1) is 0 Å². The predicted molar refractivity (Wildman–Crippen MR) is 100 cm³/mol. The van der Waals surface area contributed by atoms with E-state index in [4.69, 9.17) is 11.6 Å². The van der Waals surface area contributed by atoms with E-state index in [-0.39, 0.29) is 17.8 Å². The molecule has 0 spiro atoms. The maximum Gasteiger partial charge on any atom is 0.321 e. The lowest BCUT2D eigenvalue weighted by Gasteiger charge is -2.31. The van der Waals surface area contributed by atoms with Crippen LogP contribution in [0.15, 0.2) is 42.5 Å². The third-order valence-corrected chi connectivity index (χ3v) is 4.98. The number of aromatic nitrogens is 2. The molecule has 1 aliphatic rings. The van der Waals surface area contributed by atoms with Crippen LogP contribution < -0.4 is 5.32 Å². The van der Waals surface area contributed by atoms with E-state index in [0.29, 0.717) is 23.6 Å². The second kappa shape index (κ2) is 6.96. The number of carbonyl (C=O) groups excluding carboxylic acids is 1. The van der Waals surface area contributed by atoms with Gasteiger partial charge in [-0.3, -0.25) is 0 Å². The number of aromatic amines is 1. The number of nitrogens with one attached hydrogen (secondary N) is 2. The van der Waals surface area contributed by atoms with Crippen molar-refractivity contribution >= 4 is 34.4 Å². The number of carbonyl (C=O) groups is 1. The van der Waals surface area contributed by atoms with Crippen LogP contribution in [0, 0.1) is 5.82 Å². The van der Waals surface area contributed by atoms with E-state index in [1.165, 1.54) is 12.1 Å². The first kappa shape index (κ1) is 16.8. The average molecular weight is 373 g/mol. The molecule has 2 amide bonds. The molecular formula is C19H18ClFN4O. The van der Waals surface area contributed by atoms with Gasteiger partial charge < -0.3 is 15.2 Å². The van der Waals surface area contributed by atoms with Gasteiger partial charge in [-0.2, -0.15) is 0 Å². The van der Waals surface area contributed by atoms with Crippen LogP contribution in [0.4, 0.5) is 14.9 Å². The van der Waals surface area contributed by atoms with Crippen molar-refractivity contribution in [3.05, 3.63) is 59.1 Å². The lowest BCUT2D eigenvalue weighted by atomic mass is 9.96. The van der Waals surface area contributed by atoms with Gasteiger partial charge in [0.2, 0.25) is 0 Å². The van der Waals surface area contributed by atoms with Gasteiger partial charge in [-0.05, 0) is 55.3 Å². The van der Waals surface area contributed by atoms with E-state index >= 15 is 0 Å². The minimum Gasteiger partial charge on any atom is -0.342 e. The van der Waals surface area contributed by atoms with Crippen molar-refractivity contribution in [1.82, 2.24) is 14.9 Å². The van der Waals surface area contributed by atoms with Gasteiger partial charge in [0.05, 0.1) is 11.0 Å². The standard InChI is InChI=1S/C19H18ClFN4O/c20-13-1-4-15(5-2-13)22-19(26)25-9-7-12(8-10-25)18-23-16-6-3-14(21)11-17(16)24-18/h1-6,11-12H,7-10H2,(H,22,26)(H,23,24). The van der Waals surface area contributed by atoms with Crippen molar-refractivity contribution in [3.8, 4) is 0 Å². The molecule has 0 bridgehead atoms. The fourth-order valence-corrected chi connectivity index (χ4v) is 3.41. The van der Waals surface area contributed by atoms with E-state index in [9.17, 15) is 9.18 Å². The van der Waals surface area contributed by atoms with Crippen molar-refractivity contribution < 1.29 is 9.18 Å². The van der Waals surface area contributed by atoms with Crippen LogP contribution in [-0.2, 0) is 0 Å². The summed E-state index contributed by atoms with van der Waals surface area (Å²) in [6, 6.07) is 11.5. The van der Waals surface area contributed by atoms with Gasteiger partial charge in [0, 0.05) is 29.7 Å². The normalized spacial score (nSPS) is 15.4. The molecular weight excluding hydrogens is 355 g/mol. The summed E-state index contributed by atoms with van der Waals surface area (Å²) in [7, 11) is 0. The van der Waals surface area contributed by atoms with Crippen LogP contribution in [0.1, 0.15) is 24.6 Å². The molecule has 2 aromatic carbocycles. The first-order valence-electron chi connectivity index (χ1n) is 8.55. The number of rotatable bonds is 2. The van der Waals surface area contributed by atoms with Crippen molar-refractivity contribution in [3.63, 3.8) is 0 Å². The van der Waals surface area contributed by atoms with E-state index in [2.05, 4.69) is 15.3 Å². The zero-order valence-electron chi connectivity index (χ0n) is 14.0. The number of nitrogens with zero attached hydrogens (tertiary/aromatic N) is 2. The summed E-state index contributed by atoms with van der Waals surface area (Å²) in [5.74, 6) is 0.829. The number of hydrogen-bond acceptors (Lipinski definition) is 2. The number of benzene rings is 2. The highest BCUT2D eigenvalue weighted by atomic mass is 35.5. The number of fused-ring (bicyclic) bond motifs is 1. The zero-order chi connectivity index (χ0) is 18.1. The van der Waals surface area contributed by atoms with Gasteiger partial charge in [0.25, 0.3) is 0 Å². The van der Waals surface area contributed by atoms with Gasteiger partial charge in [0.15, 0.2) is 0 Å². The molecule has 2 heterocycles. The number of amides is 2. The predicted octanol–water partition coefficient (Wildman–Crippen LogP) is 4.77. The molecule has 0 atom stereocenters. The molecule has 2 N–H and O–H groups in total. The number of urea groups is 1. The Morgan fingerprint density at radius 1 is 1.19 bits per heavy atom. The quantitative estimate of drug-likeness (QED) is 0.680. The summed E-state index contributed by atoms with van der Waals surface area (Å²) in [5.41, 5.74) is 2.20. The Bertz CT molecular complexity index is 932. The zero-order valence-corrected chi connectivity index (χ0v) is 14.8. The molecule has 1 aliphatic heterocycles. The Balaban J connectivity index is 1.38. The Morgan fingerprint density at radius 3 is 2.65 bits per heavy atom. The second-order valence-electron chi connectivity index (χ2n) is 6.48. The molecule has 3 aromatic rings. The number of halogens is 2. The van der Waals surface area contributed by atoms with Crippen LogP contribution in [0.5, 0.6) is 0 Å². The highest BCUT2D eigenvalue weighted by Crippen LogP contribution is 2.28. The van der Waals surface area contributed by atoms with Crippen molar-refractivity contribution in [2.75, 3.05) is 18.4 Å². The second-order valence-corrected chi connectivity index (χ2v) is 6.92. The summed E-state index contributed by atoms with van der Waals surface area (Å²) in [6.07, 6.45) is 1.63. The molecule has 0 aliphatic carbocycles. The molecule has 5 nitrogen and oxygen atoms in total. The fraction of sp³-hybridized carbons (Fsp3) is 0.263. The number of hydrogen-bond donors (Lipinski definition) is 2. The molecule has 26 heavy (non-hydrogen) atoms. The monoisotopic (exact) mass is 372 g/mol. The largest absolute Gasteiger partial charge is 0.342 e. The van der Waals surface area contributed by atoms with Crippen LogP contribution in [0.25, 0.3) is 11.0 Å². The Labute approximate surface area is 155 Å². The molecule has 134 valence electrons. The molecule has 7 heteroatoms. The molecule has 0 saturated carbocycles. The summed E-state index contributed by atoms with van der Waals surface area (Å²) in [5, 5.41) is 3.52. The molecule has 1 saturated heterocycles. The molecule has 1 aromatic heterocycles. The smallest absolute Gasteiger partial charge is 0.321 e. The third-order valence-electron chi connectivity index (χ3n) is 4.73. The SMILES string of the molecule is O=C(Nc1ccc(Cl)cc1)N1CCC(c2nc3ccc(F)cc3[nH]2)CC1. The number of H-pyrrole nitrogens is 1. The van der Waals surface area contributed by atoms with Crippen molar-refractivity contribution in [1.29, 1.82) is 0 Å². The molecule has 1 fully saturated rings.